The molecule has 2 nitrogen and oxygen atoms in total. The third kappa shape index (κ3) is 2.46. The molecule has 0 radical (unpaired) electrons. The lowest BCUT2D eigenvalue weighted by molar-refractivity contribution is -0.137. The summed E-state index contributed by atoms with van der Waals surface area (Å²) >= 11 is 0. The van der Waals surface area contributed by atoms with Crippen molar-refractivity contribution >= 4 is 0 Å². The van der Waals surface area contributed by atoms with Crippen LogP contribution in [-0.4, -0.2) is 21.4 Å². The molecule has 1 unspecified atom stereocenters. The van der Waals surface area contributed by atoms with Crippen molar-refractivity contribution in [2.45, 2.75) is 58.2 Å². The average molecular weight is 160 g/mol. The molecule has 11 heavy (non-hydrogen) atoms. The second-order valence-corrected chi connectivity index (χ2v) is 3.69. The van der Waals surface area contributed by atoms with Gasteiger partial charge >= 0.3 is 0 Å². The molecule has 0 aliphatic heterocycles. The monoisotopic (exact) mass is 160 g/mol. The van der Waals surface area contributed by atoms with Gasteiger partial charge < -0.3 is 10.2 Å². The Kier molecular flexibility index (Phi) is 3.52. The van der Waals surface area contributed by atoms with Gasteiger partial charge in [-0.3, -0.25) is 0 Å². The molecule has 0 bridgehead atoms. The summed E-state index contributed by atoms with van der Waals surface area (Å²) in [5.74, 6) is 0. The molecule has 0 aromatic heterocycles. The molecule has 1 atom stereocenters. The number of hydrogen-bond acceptors (Lipinski definition) is 2. The molecule has 0 heterocycles. The van der Waals surface area contributed by atoms with E-state index in [1.807, 2.05) is 13.8 Å². The predicted molar refractivity (Wildman–Crippen MR) is 46.4 cm³/mol. The van der Waals surface area contributed by atoms with Crippen LogP contribution in [-0.2, 0) is 0 Å². The van der Waals surface area contributed by atoms with Gasteiger partial charge in [0, 0.05) is 0 Å². The molecule has 0 saturated carbocycles. The molecule has 0 fully saturated rings. The molecule has 68 valence electrons. The van der Waals surface area contributed by atoms with Crippen molar-refractivity contribution in [1.82, 2.24) is 0 Å². The Morgan fingerprint density at radius 2 is 1.55 bits per heavy atom. The second kappa shape index (κ2) is 3.55. The first kappa shape index (κ1) is 10.9. The van der Waals surface area contributed by atoms with E-state index in [0.717, 1.165) is 6.42 Å². The van der Waals surface area contributed by atoms with Crippen LogP contribution in [0, 0.1) is 0 Å². The van der Waals surface area contributed by atoms with E-state index in [9.17, 15) is 10.2 Å². The van der Waals surface area contributed by atoms with Gasteiger partial charge in [-0.05, 0) is 26.7 Å². The first-order valence-corrected chi connectivity index (χ1v) is 4.32. The number of hydrogen-bond donors (Lipinski definition) is 2. The fourth-order valence-electron chi connectivity index (χ4n) is 1.33. The van der Waals surface area contributed by atoms with Gasteiger partial charge in [0.2, 0.25) is 0 Å². The van der Waals surface area contributed by atoms with Crippen LogP contribution >= 0.6 is 0 Å². The Morgan fingerprint density at radius 1 is 1.09 bits per heavy atom. The molecule has 0 aliphatic rings. The largest absolute Gasteiger partial charge is 0.387 e. The minimum Gasteiger partial charge on any atom is -0.387 e. The zero-order valence-corrected chi connectivity index (χ0v) is 8.02. The smallest absolute Gasteiger partial charge is 0.0925 e. The summed E-state index contributed by atoms with van der Waals surface area (Å²) in [6, 6.07) is 0. The first-order valence-electron chi connectivity index (χ1n) is 4.32. The molecule has 0 aromatic carbocycles. The summed E-state index contributed by atoms with van der Waals surface area (Å²) in [6.45, 7) is 7.22. The summed E-state index contributed by atoms with van der Waals surface area (Å²) in [5.41, 5.74) is -1.90. The molecule has 0 aromatic rings. The molecule has 0 spiro atoms. The molecular weight excluding hydrogens is 140 g/mol. The highest BCUT2D eigenvalue weighted by atomic mass is 16.4. The van der Waals surface area contributed by atoms with E-state index in [0.29, 0.717) is 12.8 Å². The van der Waals surface area contributed by atoms with E-state index in [1.54, 1.807) is 13.8 Å². The molecule has 0 amide bonds. The molecule has 0 saturated heterocycles. The van der Waals surface area contributed by atoms with E-state index in [-0.39, 0.29) is 0 Å². The maximum atomic E-state index is 9.91. The van der Waals surface area contributed by atoms with Crippen molar-refractivity contribution in [3.05, 3.63) is 0 Å². The van der Waals surface area contributed by atoms with Crippen molar-refractivity contribution in [3.63, 3.8) is 0 Å². The van der Waals surface area contributed by atoms with Gasteiger partial charge in [-0.25, -0.2) is 0 Å². The van der Waals surface area contributed by atoms with E-state index in [2.05, 4.69) is 0 Å². The van der Waals surface area contributed by atoms with Crippen LogP contribution in [0.15, 0.2) is 0 Å². The van der Waals surface area contributed by atoms with Crippen molar-refractivity contribution in [2.75, 3.05) is 0 Å². The minimum absolute atomic E-state index is 0.602. The van der Waals surface area contributed by atoms with Gasteiger partial charge in [-0.1, -0.05) is 20.3 Å². The zero-order valence-electron chi connectivity index (χ0n) is 8.02. The normalized spacial score (nSPS) is 18.0. The average Bonchev–Trinajstić information content (AvgIpc) is 1.86. The van der Waals surface area contributed by atoms with Crippen LogP contribution in [0.1, 0.15) is 47.0 Å². The summed E-state index contributed by atoms with van der Waals surface area (Å²) in [7, 11) is 0. The van der Waals surface area contributed by atoms with Crippen LogP contribution in [0.25, 0.3) is 0 Å². The van der Waals surface area contributed by atoms with Gasteiger partial charge in [-0.2, -0.15) is 0 Å². The third-order valence-electron chi connectivity index (χ3n) is 2.39. The van der Waals surface area contributed by atoms with Gasteiger partial charge in [-0.15, -0.1) is 0 Å². The molecule has 2 heteroatoms. The van der Waals surface area contributed by atoms with E-state index < -0.39 is 11.2 Å². The maximum absolute atomic E-state index is 9.91. The Hall–Kier alpha value is -0.0800. The van der Waals surface area contributed by atoms with E-state index >= 15 is 0 Å². The highest BCUT2D eigenvalue weighted by molar-refractivity contribution is 4.91. The highest BCUT2D eigenvalue weighted by Gasteiger charge is 2.39. The Bertz CT molecular complexity index is 115. The summed E-state index contributed by atoms with van der Waals surface area (Å²) < 4.78 is 0. The first-order chi connectivity index (χ1) is 4.87. The predicted octanol–water partition coefficient (Wildman–Crippen LogP) is 1.70. The summed E-state index contributed by atoms with van der Waals surface area (Å²) in [6.07, 6.45) is 2.16. The fourth-order valence-corrected chi connectivity index (χ4v) is 1.33. The van der Waals surface area contributed by atoms with Gasteiger partial charge in [0.1, 0.15) is 0 Å². The molecule has 2 N–H and O–H groups in total. The lowest BCUT2D eigenvalue weighted by atomic mass is 9.80. The van der Waals surface area contributed by atoms with Crippen molar-refractivity contribution in [1.29, 1.82) is 0 Å². The van der Waals surface area contributed by atoms with Crippen LogP contribution in [0.2, 0.25) is 0 Å². The highest BCUT2D eigenvalue weighted by Crippen LogP contribution is 2.29. The fraction of sp³-hybridized carbons (Fsp3) is 1.00. The number of aliphatic hydroxyl groups is 2. The quantitative estimate of drug-likeness (QED) is 0.657. The molecule has 0 aliphatic carbocycles. The van der Waals surface area contributed by atoms with Crippen LogP contribution < -0.4 is 0 Å². The maximum Gasteiger partial charge on any atom is 0.0925 e. The lowest BCUT2D eigenvalue weighted by Crippen LogP contribution is -2.49. The Balaban J connectivity index is 4.33. The third-order valence-corrected chi connectivity index (χ3v) is 2.39. The minimum atomic E-state index is -0.988. The molecule has 0 rings (SSSR count). The standard InChI is InChI=1S/C9H20O2/c1-5-7-9(11,6-2)8(3,4)10/h10-11H,5-7H2,1-4H3. The lowest BCUT2D eigenvalue weighted by Gasteiger charge is -2.38. The Morgan fingerprint density at radius 3 is 1.64 bits per heavy atom. The number of rotatable bonds is 4. The van der Waals surface area contributed by atoms with E-state index in [1.165, 1.54) is 0 Å². The van der Waals surface area contributed by atoms with Crippen molar-refractivity contribution in [3.8, 4) is 0 Å². The van der Waals surface area contributed by atoms with Crippen LogP contribution in [0.3, 0.4) is 0 Å². The topological polar surface area (TPSA) is 40.5 Å². The Labute approximate surface area is 69.2 Å². The van der Waals surface area contributed by atoms with Gasteiger partial charge in [0.25, 0.3) is 0 Å². The zero-order chi connectivity index (χ0) is 9.12. The molecular formula is C9H20O2. The van der Waals surface area contributed by atoms with E-state index in [4.69, 9.17) is 0 Å². The van der Waals surface area contributed by atoms with Crippen LogP contribution in [0.4, 0.5) is 0 Å². The van der Waals surface area contributed by atoms with Gasteiger partial charge in [0.15, 0.2) is 0 Å². The van der Waals surface area contributed by atoms with Crippen molar-refractivity contribution < 1.29 is 10.2 Å². The second-order valence-electron chi connectivity index (χ2n) is 3.69. The van der Waals surface area contributed by atoms with Crippen LogP contribution in [0.5, 0.6) is 0 Å². The SMILES string of the molecule is CCCC(O)(CC)C(C)(C)O. The van der Waals surface area contributed by atoms with Gasteiger partial charge in [0.05, 0.1) is 11.2 Å². The summed E-state index contributed by atoms with van der Waals surface area (Å²) in [4.78, 5) is 0. The summed E-state index contributed by atoms with van der Waals surface area (Å²) in [5, 5.41) is 19.5. The van der Waals surface area contributed by atoms with Crippen molar-refractivity contribution in [2.24, 2.45) is 0 Å².